The normalized spacial score (nSPS) is 13.7. The van der Waals surface area contributed by atoms with E-state index in [1.807, 2.05) is 6.07 Å². The van der Waals surface area contributed by atoms with Gasteiger partial charge in [0, 0.05) is 23.7 Å². The van der Waals surface area contributed by atoms with Gasteiger partial charge in [-0.25, -0.2) is 4.79 Å². The molecule has 14 nitrogen and oxygen atoms in total. The average molecular weight is 674 g/mol. The molecule has 0 bridgehead atoms. The van der Waals surface area contributed by atoms with Gasteiger partial charge in [-0.05, 0) is 49.9 Å². The van der Waals surface area contributed by atoms with Gasteiger partial charge in [0.1, 0.15) is 17.7 Å². The van der Waals surface area contributed by atoms with Crippen LogP contribution < -0.4 is 26.0 Å². The molecule has 3 aromatic rings. The number of fused-ring (bicyclic) bond motifs is 1. The molecule has 1 aliphatic heterocycles. The van der Waals surface area contributed by atoms with Crippen LogP contribution in [0.4, 0.5) is 11.4 Å². The Bertz CT molecular complexity index is 1680. The second-order valence-corrected chi connectivity index (χ2v) is 11.0. The summed E-state index contributed by atoms with van der Waals surface area (Å²) in [6, 6.07) is 19.4. The number of carbonyl (C=O) groups excluding carboxylic acids is 5. The van der Waals surface area contributed by atoms with Crippen molar-refractivity contribution >= 4 is 46.9 Å². The van der Waals surface area contributed by atoms with Gasteiger partial charge in [-0.1, -0.05) is 59.8 Å². The molecule has 1 heterocycles. The molecule has 1 aliphatic rings. The second kappa shape index (κ2) is 17.3. The number of esters is 2. The summed E-state index contributed by atoms with van der Waals surface area (Å²) in [5, 5.41) is 17.3. The number of amides is 3. The SMILES string of the molecule is CCOC(=O)CC[C@H](NC(=O)C(Cc1ccccc1)C(=O)Nc1ccc2c(c1)OCC(=O)N2Cc1ccc(C(N)=NO)cc1)C(=O)OCC. The standard InChI is InChI=1S/C35H39N5O9/c1-3-47-31(42)17-15-27(35(45)48-4-2)38-34(44)26(18-22-8-6-5-7-9-22)33(43)37-25-14-16-28-29(19-25)49-21-30(41)40(28)20-23-10-12-24(13-11-23)32(36)39-46/h5-14,16,19,26-27,46H,3-4,15,17-18,20-21H2,1-2H3,(H2,36,39)(H,37,43)(H,38,44)/t26?,27-/m0/s1. The zero-order valence-electron chi connectivity index (χ0n) is 27.2. The van der Waals surface area contributed by atoms with Gasteiger partial charge in [0.25, 0.3) is 5.91 Å². The van der Waals surface area contributed by atoms with Gasteiger partial charge in [-0.2, -0.15) is 0 Å². The first-order valence-electron chi connectivity index (χ1n) is 15.7. The first kappa shape index (κ1) is 35.9. The summed E-state index contributed by atoms with van der Waals surface area (Å²) >= 11 is 0. The third-order valence-corrected chi connectivity index (χ3v) is 7.61. The van der Waals surface area contributed by atoms with Crippen molar-refractivity contribution in [3.63, 3.8) is 0 Å². The second-order valence-electron chi connectivity index (χ2n) is 11.0. The Morgan fingerprint density at radius 1 is 0.959 bits per heavy atom. The average Bonchev–Trinajstić information content (AvgIpc) is 3.10. The molecule has 258 valence electrons. The van der Waals surface area contributed by atoms with Crippen LogP contribution in [0.5, 0.6) is 5.75 Å². The van der Waals surface area contributed by atoms with E-state index < -0.39 is 35.7 Å². The molecular weight excluding hydrogens is 634 g/mol. The number of hydrogen-bond acceptors (Lipinski definition) is 10. The summed E-state index contributed by atoms with van der Waals surface area (Å²) in [7, 11) is 0. The zero-order valence-corrected chi connectivity index (χ0v) is 27.2. The summed E-state index contributed by atoms with van der Waals surface area (Å²) in [5.41, 5.74) is 8.45. The Labute approximate surface area is 283 Å². The van der Waals surface area contributed by atoms with E-state index in [1.54, 1.807) is 85.5 Å². The maximum absolute atomic E-state index is 13.7. The van der Waals surface area contributed by atoms with E-state index in [0.29, 0.717) is 28.3 Å². The third kappa shape index (κ3) is 9.79. The number of hydrogen-bond donors (Lipinski definition) is 4. The molecule has 1 unspecified atom stereocenters. The molecule has 0 spiro atoms. The monoisotopic (exact) mass is 673 g/mol. The lowest BCUT2D eigenvalue weighted by Crippen LogP contribution is -2.48. The number of anilines is 2. The molecule has 4 rings (SSSR count). The number of benzene rings is 3. The van der Waals surface area contributed by atoms with Crippen LogP contribution in [0.1, 0.15) is 43.4 Å². The van der Waals surface area contributed by atoms with Crippen molar-refractivity contribution in [2.45, 2.75) is 45.7 Å². The van der Waals surface area contributed by atoms with Gasteiger partial charge in [0.2, 0.25) is 11.8 Å². The largest absolute Gasteiger partial charge is 0.481 e. The number of amidine groups is 1. The van der Waals surface area contributed by atoms with Crippen molar-refractivity contribution in [1.29, 1.82) is 0 Å². The highest BCUT2D eigenvalue weighted by atomic mass is 16.5. The van der Waals surface area contributed by atoms with Crippen LogP contribution in [0, 0.1) is 5.92 Å². The van der Waals surface area contributed by atoms with E-state index in [9.17, 15) is 24.0 Å². The molecular formula is C35H39N5O9. The molecule has 0 saturated heterocycles. The summed E-state index contributed by atoms with van der Waals surface area (Å²) in [6.45, 7) is 3.50. The molecule has 0 aromatic heterocycles. The summed E-state index contributed by atoms with van der Waals surface area (Å²) < 4.78 is 15.7. The Kier molecular flexibility index (Phi) is 12.7. The van der Waals surface area contributed by atoms with E-state index in [1.165, 1.54) is 0 Å². The van der Waals surface area contributed by atoms with Crippen molar-refractivity contribution < 1.29 is 43.4 Å². The molecule has 0 fully saturated rings. The molecule has 2 atom stereocenters. The zero-order chi connectivity index (χ0) is 35.3. The molecule has 5 N–H and O–H groups in total. The maximum Gasteiger partial charge on any atom is 0.328 e. The summed E-state index contributed by atoms with van der Waals surface area (Å²) in [5.74, 6) is -3.88. The van der Waals surface area contributed by atoms with Gasteiger partial charge in [0.05, 0.1) is 25.4 Å². The van der Waals surface area contributed by atoms with Crippen LogP contribution in [-0.4, -0.2) is 66.6 Å². The van der Waals surface area contributed by atoms with E-state index in [-0.39, 0.29) is 57.4 Å². The fraction of sp³-hybridized carbons (Fsp3) is 0.314. The molecule has 0 radical (unpaired) electrons. The fourth-order valence-corrected chi connectivity index (χ4v) is 5.12. The van der Waals surface area contributed by atoms with Gasteiger partial charge in [-0.15, -0.1) is 0 Å². The highest BCUT2D eigenvalue weighted by Gasteiger charge is 2.32. The minimum absolute atomic E-state index is 0.0181. The van der Waals surface area contributed by atoms with Crippen molar-refractivity contribution in [3.8, 4) is 5.75 Å². The first-order chi connectivity index (χ1) is 23.6. The Balaban J connectivity index is 1.53. The van der Waals surface area contributed by atoms with Crippen molar-refractivity contribution in [1.82, 2.24) is 5.32 Å². The number of ether oxygens (including phenoxy) is 3. The number of nitrogens with zero attached hydrogens (tertiary/aromatic N) is 2. The molecule has 0 aliphatic carbocycles. The van der Waals surface area contributed by atoms with Gasteiger partial charge >= 0.3 is 11.9 Å². The van der Waals surface area contributed by atoms with Crippen molar-refractivity contribution in [3.05, 3.63) is 89.5 Å². The lowest BCUT2D eigenvalue weighted by atomic mass is 9.96. The number of nitrogens with two attached hydrogens (primary N) is 1. The predicted octanol–water partition coefficient (Wildman–Crippen LogP) is 2.90. The Hall–Kier alpha value is -5.92. The lowest BCUT2D eigenvalue weighted by Gasteiger charge is -2.30. The van der Waals surface area contributed by atoms with Crippen LogP contribution in [0.25, 0.3) is 0 Å². The number of carbonyl (C=O) groups is 5. The summed E-state index contributed by atoms with van der Waals surface area (Å²) in [6.07, 6.45) is -0.194. The smallest absolute Gasteiger partial charge is 0.328 e. The van der Waals surface area contributed by atoms with Gasteiger partial charge < -0.3 is 40.7 Å². The van der Waals surface area contributed by atoms with Gasteiger partial charge in [-0.3, -0.25) is 19.2 Å². The lowest BCUT2D eigenvalue weighted by molar-refractivity contribution is -0.150. The number of nitrogens with one attached hydrogen (secondary N) is 2. The van der Waals surface area contributed by atoms with E-state index in [2.05, 4.69) is 15.8 Å². The van der Waals surface area contributed by atoms with Crippen molar-refractivity contribution in [2.75, 3.05) is 30.0 Å². The molecule has 3 aromatic carbocycles. The van der Waals surface area contributed by atoms with Crippen LogP contribution in [0.3, 0.4) is 0 Å². The van der Waals surface area contributed by atoms with E-state index in [4.69, 9.17) is 25.2 Å². The number of oxime groups is 1. The Morgan fingerprint density at radius 3 is 2.35 bits per heavy atom. The first-order valence-corrected chi connectivity index (χ1v) is 15.7. The van der Waals surface area contributed by atoms with E-state index >= 15 is 0 Å². The highest BCUT2D eigenvalue weighted by Crippen LogP contribution is 2.35. The van der Waals surface area contributed by atoms with Gasteiger partial charge in [0.15, 0.2) is 12.4 Å². The molecule has 49 heavy (non-hydrogen) atoms. The van der Waals surface area contributed by atoms with Crippen LogP contribution >= 0.6 is 0 Å². The minimum atomic E-state index is -1.27. The predicted molar refractivity (Wildman–Crippen MR) is 179 cm³/mol. The topological polar surface area (TPSA) is 199 Å². The van der Waals surface area contributed by atoms with E-state index in [0.717, 1.165) is 5.56 Å². The van der Waals surface area contributed by atoms with Crippen molar-refractivity contribution in [2.24, 2.45) is 16.8 Å². The molecule has 3 amide bonds. The molecule has 14 heteroatoms. The van der Waals surface area contributed by atoms with Crippen LogP contribution in [0.15, 0.2) is 78.0 Å². The summed E-state index contributed by atoms with van der Waals surface area (Å²) in [4.78, 5) is 66.4. The Morgan fingerprint density at radius 2 is 1.67 bits per heavy atom. The number of rotatable bonds is 15. The minimum Gasteiger partial charge on any atom is -0.481 e. The van der Waals surface area contributed by atoms with Crippen LogP contribution in [0.2, 0.25) is 0 Å². The maximum atomic E-state index is 13.7. The molecule has 0 saturated carbocycles. The fourth-order valence-electron chi connectivity index (χ4n) is 5.12. The quantitative estimate of drug-likeness (QED) is 0.0465. The van der Waals surface area contributed by atoms with Crippen LogP contribution in [-0.2, 0) is 46.4 Å². The third-order valence-electron chi connectivity index (χ3n) is 7.61. The highest BCUT2D eigenvalue weighted by molar-refractivity contribution is 6.08.